The summed E-state index contributed by atoms with van der Waals surface area (Å²) in [6.07, 6.45) is 2.11. The Morgan fingerprint density at radius 2 is 2.06 bits per heavy atom. The standard InChI is InChI=1S/C12H20O4/c1-2-3-4-12(11(15)16)6-7-5-8(12)10(14)9(7)13/h7-10,13-14H,2-6H2,1H3,(H,15,16). The summed E-state index contributed by atoms with van der Waals surface area (Å²) < 4.78 is 0. The third kappa shape index (κ3) is 1.47. The molecule has 4 nitrogen and oxygen atoms in total. The van der Waals surface area contributed by atoms with Crippen LogP contribution in [-0.2, 0) is 4.79 Å². The molecule has 0 aromatic heterocycles. The lowest BCUT2D eigenvalue weighted by Gasteiger charge is -2.38. The zero-order valence-electron chi connectivity index (χ0n) is 9.59. The second kappa shape index (κ2) is 4.00. The van der Waals surface area contributed by atoms with Crippen LogP contribution in [0.5, 0.6) is 0 Å². The number of unbranched alkanes of at least 4 members (excludes halogenated alkanes) is 1. The molecule has 92 valence electrons. The highest BCUT2D eigenvalue weighted by atomic mass is 16.4. The number of aliphatic carboxylic acids is 1. The molecule has 0 radical (unpaired) electrons. The van der Waals surface area contributed by atoms with E-state index in [1.165, 1.54) is 0 Å². The minimum Gasteiger partial charge on any atom is -0.481 e. The van der Waals surface area contributed by atoms with Crippen LogP contribution in [0.1, 0.15) is 39.0 Å². The van der Waals surface area contributed by atoms with Crippen molar-refractivity contribution in [3.63, 3.8) is 0 Å². The summed E-state index contributed by atoms with van der Waals surface area (Å²) in [6, 6.07) is 0. The minimum atomic E-state index is -0.841. The Hall–Kier alpha value is -0.610. The Labute approximate surface area is 95.3 Å². The van der Waals surface area contributed by atoms with Crippen LogP contribution in [0.25, 0.3) is 0 Å². The number of carbonyl (C=O) groups is 1. The van der Waals surface area contributed by atoms with Crippen LogP contribution in [0.3, 0.4) is 0 Å². The van der Waals surface area contributed by atoms with E-state index in [0.29, 0.717) is 19.3 Å². The van der Waals surface area contributed by atoms with Gasteiger partial charge in [-0.25, -0.2) is 0 Å². The van der Waals surface area contributed by atoms with Crippen molar-refractivity contribution in [3.05, 3.63) is 0 Å². The van der Waals surface area contributed by atoms with Crippen molar-refractivity contribution in [1.29, 1.82) is 0 Å². The summed E-state index contributed by atoms with van der Waals surface area (Å²) in [5.74, 6) is -1.07. The van der Waals surface area contributed by atoms with Crippen molar-refractivity contribution in [2.45, 2.75) is 51.2 Å². The van der Waals surface area contributed by atoms with Crippen molar-refractivity contribution in [3.8, 4) is 0 Å². The number of carboxylic acids is 1. The Morgan fingerprint density at radius 3 is 2.50 bits per heavy atom. The number of rotatable bonds is 4. The van der Waals surface area contributed by atoms with Crippen molar-refractivity contribution in [1.82, 2.24) is 0 Å². The van der Waals surface area contributed by atoms with Gasteiger partial charge < -0.3 is 15.3 Å². The van der Waals surface area contributed by atoms with E-state index in [9.17, 15) is 20.1 Å². The predicted molar refractivity (Wildman–Crippen MR) is 57.8 cm³/mol. The van der Waals surface area contributed by atoms with Crippen LogP contribution in [0.15, 0.2) is 0 Å². The fraction of sp³-hybridized carbons (Fsp3) is 0.917. The lowest BCUT2D eigenvalue weighted by Crippen LogP contribution is -2.47. The maximum Gasteiger partial charge on any atom is 0.310 e. The van der Waals surface area contributed by atoms with Crippen LogP contribution in [-0.4, -0.2) is 33.5 Å². The molecule has 16 heavy (non-hydrogen) atoms. The van der Waals surface area contributed by atoms with E-state index >= 15 is 0 Å². The summed E-state index contributed by atoms with van der Waals surface area (Å²) >= 11 is 0. The zero-order chi connectivity index (χ0) is 11.9. The summed E-state index contributed by atoms with van der Waals surface area (Å²) in [6.45, 7) is 2.04. The second-order valence-corrected chi connectivity index (χ2v) is 5.35. The molecule has 2 aliphatic rings. The van der Waals surface area contributed by atoms with Gasteiger partial charge >= 0.3 is 5.97 Å². The van der Waals surface area contributed by atoms with E-state index in [1.54, 1.807) is 0 Å². The van der Waals surface area contributed by atoms with E-state index in [0.717, 1.165) is 12.8 Å². The molecule has 2 bridgehead atoms. The number of aliphatic hydroxyl groups is 2. The Morgan fingerprint density at radius 1 is 1.38 bits per heavy atom. The summed E-state index contributed by atoms with van der Waals surface area (Å²) in [5, 5.41) is 29.0. The molecule has 0 aromatic rings. The molecule has 2 fully saturated rings. The number of hydrogen-bond acceptors (Lipinski definition) is 3. The second-order valence-electron chi connectivity index (χ2n) is 5.35. The molecule has 5 unspecified atom stereocenters. The van der Waals surface area contributed by atoms with Gasteiger partial charge in [-0.3, -0.25) is 4.79 Å². The third-order valence-corrected chi connectivity index (χ3v) is 4.54. The van der Waals surface area contributed by atoms with Gasteiger partial charge in [0.15, 0.2) is 0 Å². The third-order valence-electron chi connectivity index (χ3n) is 4.54. The lowest BCUT2D eigenvalue weighted by atomic mass is 9.68. The molecule has 2 aliphatic carbocycles. The number of aliphatic hydroxyl groups excluding tert-OH is 2. The van der Waals surface area contributed by atoms with Crippen LogP contribution >= 0.6 is 0 Å². The molecule has 0 aliphatic heterocycles. The predicted octanol–water partition coefficient (Wildman–Crippen LogP) is 1.01. The molecule has 2 rings (SSSR count). The van der Waals surface area contributed by atoms with Crippen LogP contribution in [0, 0.1) is 17.3 Å². The first kappa shape index (κ1) is 11.9. The average molecular weight is 228 g/mol. The van der Waals surface area contributed by atoms with E-state index in [2.05, 4.69) is 0 Å². The Bertz CT molecular complexity index is 289. The normalized spacial score (nSPS) is 46.2. The first-order chi connectivity index (χ1) is 7.53. The molecule has 0 amide bonds. The van der Waals surface area contributed by atoms with Gasteiger partial charge in [-0.2, -0.15) is 0 Å². The van der Waals surface area contributed by atoms with Crippen LogP contribution < -0.4 is 0 Å². The highest BCUT2D eigenvalue weighted by molar-refractivity contribution is 5.76. The van der Waals surface area contributed by atoms with Gasteiger partial charge in [-0.15, -0.1) is 0 Å². The Balaban J connectivity index is 2.20. The summed E-state index contributed by atoms with van der Waals surface area (Å²) in [7, 11) is 0. The van der Waals surface area contributed by atoms with Gasteiger partial charge in [0.25, 0.3) is 0 Å². The smallest absolute Gasteiger partial charge is 0.310 e. The van der Waals surface area contributed by atoms with Gasteiger partial charge in [-0.1, -0.05) is 19.8 Å². The number of hydrogen-bond donors (Lipinski definition) is 3. The van der Waals surface area contributed by atoms with Crippen LogP contribution in [0.2, 0.25) is 0 Å². The number of fused-ring (bicyclic) bond motifs is 2. The maximum atomic E-state index is 11.5. The molecule has 5 atom stereocenters. The fourth-order valence-electron chi connectivity index (χ4n) is 3.63. The number of carboxylic acid groups (broad SMARTS) is 1. The van der Waals surface area contributed by atoms with Crippen molar-refractivity contribution >= 4 is 5.97 Å². The van der Waals surface area contributed by atoms with Gasteiger partial charge in [0.1, 0.15) is 0 Å². The van der Waals surface area contributed by atoms with Crippen molar-refractivity contribution in [2.75, 3.05) is 0 Å². The molecular weight excluding hydrogens is 208 g/mol. The zero-order valence-corrected chi connectivity index (χ0v) is 9.59. The summed E-state index contributed by atoms with van der Waals surface area (Å²) in [4.78, 5) is 11.5. The topological polar surface area (TPSA) is 77.8 Å². The molecule has 3 N–H and O–H groups in total. The largest absolute Gasteiger partial charge is 0.481 e. The quantitative estimate of drug-likeness (QED) is 0.671. The van der Waals surface area contributed by atoms with Crippen LogP contribution in [0.4, 0.5) is 0 Å². The van der Waals surface area contributed by atoms with E-state index in [-0.39, 0.29) is 11.8 Å². The van der Waals surface area contributed by atoms with Crippen molar-refractivity contribution in [2.24, 2.45) is 17.3 Å². The molecule has 0 aromatic carbocycles. The van der Waals surface area contributed by atoms with Gasteiger partial charge in [0, 0.05) is 5.92 Å². The maximum absolute atomic E-state index is 11.5. The lowest BCUT2D eigenvalue weighted by molar-refractivity contribution is -0.161. The minimum absolute atomic E-state index is 0.0204. The fourth-order valence-corrected chi connectivity index (χ4v) is 3.63. The Kier molecular flexibility index (Phi) is 2.97. The summed E-state index contributed by atoms with van der Waals surface area (Å²) in [5.41, 5.74) is -0.778. The first-order valence-electron chi connectivity index (χ1n) is 6.12. The van der Waals surface area contributed by atoms with Gasteiger partial charge in [0.2, 0.25) is 0 Å². The highest BCUT2D eigenvalue weighted by Crippen LogP contribution is 2.58. The first-order valence-corrected chi connectivity index (χ1v) is 6.12. The monoisotopic (exact) mass is 228 g/mol. The molecule has 4 heteroatoms. The molecule has 0 saturated heterocycles. The molecule has 0 heterocycles. The molecule has 2 saturated carbocycles. The highest BCUT2D eigenvalue weighted by Gasteiger charge is 2.62. The van der Waals surface area contributed by atoms with Gasteiger partial charge in [-0.05, 0) is 25.2 Å². The molecule has 0 spiro atoms. The SMILES string of the molecule is CCCCC1(C(=O)O)CC2CC1C(O)C2O. The average Bonchev–Trinajstić information content (AvgIpc) is 2.75. The van der Waals surface area contributed by atoms with E-state index in [1.807, 2.05) is 6.92 Å². The van der Waals surface area contributed by atoms with Crippen molar-refractivity contribution < 1.29 is 20.1 Å². The molecular formula is C12H20O4. The van der Waals surface area contributed by atoms with E-state index < -0.39 is 23.6 Å². The van der Waals surface area contributed by atoms with E-state index in [4.69, 9.17) is 0 Å². The van der Waals surface area contributed by atoms with Gasteiger partial charge in [0.05, 0.1) is 17.6 Å².